The first-order valence-corrected chi connectivity index (χ1v) is 5.13. The van der Waals surface area contributed by atoms with Crippen molar-refractivity contribution in [2.24, 2.45) is 11.1 Å². The molecule has 0 radical (unpaired) electrons. The molecule has 0 amide bonds. The predicted octanol–water partition coefficient (Wildman–Crippen LogP) is 2.09. The van der Waals surface area contributed by atoms with Crippen molar-refractivity contribution in [1.82, 2.24) is 0 Å². The van der Waals surface area contributed by atoms with Crippen molar-refractivity contribution in [1.29, 1.82) is 0 Å². The van der Waals surface area contributed by atoms with E-state index in [-0.39, 0.29) is 12.1 Å². The van der Waals surface area contributed by atoms with Crippen LogP contribution < -0.4 is 5.73 Å². The zero-order valence-electron chi connectivity index (χ0n) is 10.2. The second kappa shape index (κ2) is 4.30. The third-order valence-corrected chi connectivity index (χ3v) is 3.00. The Morgan fingerprint density at radius 1 is 1.36 bits per heavy atom. The van der Waals surface area contributed by atoms with Crippen molar-refractivity contribution in [3.05, 3.63) is 0 Å². The van der Waals surface area contributed by atoms with Crippen LogP contribution in [0.15, 0.2) is 0 Å². The summed E-state index contributed by atoms with van der Waals surface area (Å²) in [6, 6.07) is 0. The van der Waals surface area contributed by atoms with Crippen LogP contribution >= 0.6 is 0 Å². The van der Waals surface area contributed by atoms with E-state index in [9.17, 15) is 4.79 Å². The maximum absolute atomic E-state index is 11.8. The summed E-state index contributed by atoms with van der Waals surface area (Å²) < 4.78 is 5.27. The summed E-state index contributed by atoms with van der Waals surface area (Å²) in [7, 11) is 0. The van der Waals surface area contributed by atoms with E-state index in [0.717, 1.165) is 6.42 Å². The van der Waals surface area contributed by atoms with Crippen LogP contribution in [0.4, 0.5) is 0 Å². The maximum atomic E-state index is 11.8. The molecule has 1 unspecified atom stereocenters. The molecular weight excluding hydrogens is 178 g/mol. The molecule has 3 nitrogen and oxygen atoms in total. The number of hydrogen-bond acceptors (Lipinski definition) is 3. The van der Waals surface area contributed by atoms with Gasteiger partial charge >= 0.3 is 5.97 Å². The summed E-state index contributed by atoms with van der Waals surface area (Å²) in [6.07, 6.45) is 0.788. The number of ether oxygens (including phenoxy) is 1. The van der Waals surface area contributed by atoms with Crippen molar-refractivity contribution in [2.45, 2.75) is 59.6 Å². The zero-order valence-corrected chi connectivity index (χ0v) is 10.2. The fourth-order valence-corrected chi connectivity index (χ4v) is 0.676. The van der Waals surface area contributed by atoms with Gasteiger partial charge in [-0.25, -0.2) is 0 Å². The van der Waals surface area contributed by atoms with Gasteiger partial charge in [-0.1, -0.05) is 6.92 Å². The van der Waals surface area contributed by atoms with E-state index in [0.29, 0.717) is 0 Å². The summed E-state index contributed by atoms with van der Waals surface area (Å²) in [5.41, 5.74) is 4.70. The van der Waals surface area contributed by atoms with Gasteiger partial charge in [0.25, 0.3) is 0 Å². The highest BCUT2D eigenvalue weighted by Crippen LogP contribution is 2.30. The largest absolute Gasteiger partial charge is 0.462 e. The molecule has 0 bridgehead atoms. The minimum absolute atomic E-state index is 0.0378. The molecule has 1 atom stereocenters. The molecule has 0 aliphatic heterocycles. The third kappa shape index (κ3) is 2.98. The maximum Gasteiger partial charge on any atom is 0.313 e. The molecule has 84 valence electrons. The molecule has 0 aromatic carbocycles. The molecule has 2 N–H and O–H groups in total. The van der Waals surface area contributed by atoms with Gasteiger partial charge in [0, 0.05) is 5.54 Å². The first-order chi connectivity index (χ1) is 6.13. The number of esters is 1. The minimum Gasteiger partial charge on any atom is -0.462 e. The Morgan fingerprint density at radius 3 is 2.07 bits per heavy atom. The van der Waals surface area contributed by atoms with Crippen LogP contribution in [-0.4, -0.2) is 17.6 Å². The lowest BCUT2D eigenvalue weighted by molar-refractivity contribution is -0.162. The lowest BCUT2D eigenvalue weighted by Gasteiger charge is -2.36. The molecule has 3 heteroatoms. The van der Waals surface area contributed by atoms with Gasteiger partial charge in [0.2, 0.25) is 0 Å². The molecule has 0 aliphatic rings. The number of rotatable bonds is 4. The Hall–Kier alpha value is -0.570. The normalized spacial score (nSPS) is 15.1. The number of nitrogens with two attached hydrogens (primary N) is 1. The second-order valence-electron chi connectivity index (χ2n) is 4.97. The van der Waals surface area contributed by atoms with E-state index in [4.69, 9.17) is 10.5 Å². The Bertz CT molecular complexity index is 204. The molecule has 0 aromatic heterocycles. The summed E-state index contributed by atoms with van der Waals surface area (Å²) in [4.78, 5) is 11.8. The molecule has 0 fully saturated rings. The smallest absolute Gasteiger partial charge is 0.313 e. The Labute approximate surface area is 87.0 Å². The van der Waals surface area contributed by atoms with Crippen LogP contribution in [0.1, 0.15) is 48.0 Å². The molecule has 0 rings (SSSR count). The number of carbonyl (C=O) groups excluding carboxylic acids is 1. The van der Waals surface area contributed by atoms with E-state index in [1.165, 1.54) is 0 Å². The number of hydrogen-bond donors (Lipinski definition) is 1. The molecule has 14 heavy (non-hydrogen) atoms. The van der Waals surface area contributed by atoms with Crippen LogP contribution in [-0.2, 0) is 9.53 Å². The molecular formula is C11H23NO2. The van der Waals surface area contributed by atoms with Crippen LogP contribution in [0.5, 0.6) is 0 Å². The Balaban J connectivity index is 4.53. The van der Waals surface area contributed by atoms with Crippen LogP contribution in [0, 0.1) is 5.41 Å². The fourth-order valence-electron chi connectivity index (χ4n) is 0.676. The van der Waals surface area contributed by atoms with E-state index >= 15 is 0 Å². The highest BCUT2D eigenvalue weighted by atomic mass is 16.5. The second-order valence-corrected chi connectivity index (χ2v) is 4.97. The summed E-state index contributed by atoms with van der Waals surface area (Å²) in [5.74, 6) is -0.223. The average molecular weight is 201 g/mol. The summed E-state index contributed by atoms with van der Waals surface area (Å²) in [5, 5.41) is 0. The van der Waals surface area contributed by atoms with Crippen LogP contribution in [0.3, 0.4) is 0 Å². The predicted molar refractivity (Wildman–Crippen MR) is 57.9 cm³/mol. The van der Waals surface area contributed by atoms with Gasteiger partial charge in [-0.15, -0.1) is 0 Å². The van der Waals surface area contributed by atoms with Gasteiger partial charge in [0.05, 0.1) is 11.5 Å². The fraction of sp³-hybridized carbons (Fsp3) is 0.909. The minimum atomic E-state index is -0.656. The molecule has 0 heterocycles. The standard InChI is InChI=1S/C11H23NO2/c1-7-8(2)14-9(13)10(3,4)11(5,6)12/h8H,7,12H2,1-6H3. The Morgan fingerprint density at radius 2 is 1.79 bits per heavy atom. The van der Waals surface area contributed by atoms with Crippen LogP contribution in [0.2, 0.25) is 0 Å². The highest BCUT2D eigenvalue weighted by Gasteiger charge is 2.42. The quantitative estimate of drug-likeness (QED) is 0.709. The third-order valence-electron chi connectivity index (χ3n) is 3.00. The van der Waals surface area contributed by atoms with Gasteiger partial charge in [-0.2, -0.15) is 0 Å². The monoisotopic (exact) mass is 201 g/mol. The van der Waals surface area contributed by atoms with E-state index < -0.39 is 11.0 Å². The Kier molecular flexibility index (Phi) is 4.13. The van der Waals surface area contributed by atoms with E-state index in [1.807, 2.05) is 41.5 Å². The van der Waals surface area contributed by atoms with Crippen molar-refractivity contribution < 1.29 is 9.53 Å². The van der Waals surface area contributed by atoms with Crippen LogP contribution in [0.25, 0.3) is 0 Å². The van der Waals surface area contributed by atoms with Gasteiger partial charge in [-0.05, 0) is 41.0 Å². The van der Waals surface area contributed by atoms with E-state index in [2.05, 4.69) is 0 Å². The molecule has 0 aliphatic carbocycles. The lowest BCUT2D eigenvalue weighted by Crippen LogP contribution is -2.52. The van der Waals surface area contributed by atoms with Gasteiger partial charge in [0.1, 0.15) is 0 Å². The van der Waals surface area contributed by atoms with Gasteiger partial charge < -0.3 is 10.5 Å². The van der Waals surface area contributed by atoms with Gasteiger partial charge in [0.15, 0.2) is 0 Å². The molecule has 0 aromatic rings. The molecule has 0 saturated carbocycles. The topological polar surface area (TPSA) is 52.3 Å². The summed E-state index contributed by atoms with van der Waals surface area (Å²) >= 11 is 0. The van der Waals surface area contributed by atoms with Crippen molar-refractivity contribution in [2.75, 3.05) is 0 Å². The molecule has 0 saturated heterocycles. The van der Waals surface area contributed by atoms with E-state index in [1.54, 1.807) is 0 Å². The zero-order chi connectivity index (χ0) is 11.6. The number of carbonyl (C=O) groups is 1. The SMILES string of the molecule is CCC(C)OC(=O)C(C)(C)C(C)(C)N. The van der Waals surface area contributed by atoms with Gasteiger partial charge in [-0.3, -0.25) is 4.79 Å². The lowest BCUT2D eigenvalue weighted by atomic mass is 9.75. The van der Waals surface area contributed by atoms with Crippen molar-refractivity contribution in [3.63, 3.8) is 0 Å². The highest BCUT2D eigenvalue weighted by molar-refractivity contribution is 5.77. The average Bonchev–Trinajstić information content (AvgIpc) is 2.01. The van der Waals surface area contributed by atoms with Crippen molar-refractivity contribution >= 4 is 5.97 Å². The molecule has 0 spiro atoms. The van der Waals surface area contributed by atoms with Crippen molar-refractivity contribution in [3.8, 4) is 0 Å². The first kappa shape index (κ1) is 13.4. The summed E-state index contributed by atoms with van der Waals surface area (Å²) in [6.45, 7) is 11.2. The first-order valence-electron chi connectivity index (χ1n) is 5.13.